The van der Waals surface area contributed by atoms with Crippen molar-refractivity contribution in [2.45, 2.75) is 39.5 Å². The van der Waals surface area contributed by atoms with Gasteiger partial charge in [-0.05, 0) is 61.3 Å². The third-order valence-corrected chi connectivity index (χ3v) is 4.55. The van der Waals surface area contributed by atoms with Crippen molar-refractivity contribution in [1.29, 1.82) is 0 Å². The Morgan fingerprint density at radius 1 is 1.39 bits per heavy atom. The van der Waals surface area contributed by atoms with Crippen LogP contribution in [0.25, 0.3) is 10.9 Å². The first kappa shape index (κ1) is 12.3. The average molecular weight is 306 g/mol. The molecule has 1 heterocycles. The van der Waals surface area contributed by atoms with E-state index in [4.69, 9.17) is 0 Å². The minimum absolute atomic E-state index is 0.813. The molecule has 1 unspecified atom stereocenters. The Balaban J connectivity index is 1.98. The van der Waals surface area contributed by atoms with Gasteiger partial charge in [-0.15, -0.1) is 0 Å². The van der Waals surface area contributed by atoms with E-state index >= 15 is 0 Å². The van der Waals surface area contributed by atoms with E-state index in [1.54, 1.807) is 5.56 Å². The zero-order valence-electron chi connectivity index (χ0n) is 11.1. The zero-order chi connectivity index (χ0) is 12.7. The SMILES string of the molecule is CC(C)CC1CCc2[nH]c3ccc(Br)cc3c2C1. The highest BCUT2D eigenvalue weighted by Gasteiger charge is 2.22. The minimum Gasteiger partial charge on any atom is -0.358 e. The van der Waals surface area contributed by atoms with Crippen molar-refractivity contribution in [3.63, 3.8) is 0 Å². The largest absolute Gasteiger partial charge is 0.358 e. The van der Waals surface area contributed by atoms with Crippen molar-refractivity contribution in [3.05, 3.63) is 33.9 Å². The fourth-order valence-electron chi connectivity index (χ4n) is 3.33. The van der Waals surface area contributed by atoms with Crippen molar-refractivity contribution in [2.75, 3.05) is 0 Å². The molecule has 0 bridgehead atoms. The molecule has 2 aromatic rings. The number of hydrogen-bond donors (Lipinski definition) is 1. The maximum absolute atomic E-state index is 3.60. The first-order valence-corrected chi connectivity index (χ1v) is 7.71. The van der Waals surface area contributed by atoms with Gasteiger partial charge in [0.2, 0.25) is 0 Å². The van der Waals surface area contributed by atoms with E-state index in [9.17, 15) is 0 Å². The predicted molar refractivity (Wildman–Crippen MR) is 81.0 cm³/mol. The monoisotopic (exact) mass is 305 g/mol. The quantitative estimate of drug-likeness (QED) is 0.796. The summed E-state index contributed by atoms with van der Waals surface area (Å²) in [5, 5.41) is 1.42. The van der Waals surface area contributed by atoms with E-state index in [-0.39, 0.29) is 0 Å². The molecule has 0 saturated heterocycles. The Morgan fingerprint density at radius 3 is 3.00 bits per heavy atom. The van der Waals surface area contributed by atoms with E-state index in [0.717, 1.165) is 11.8 Å². The lowest BCUT2D eigenvalue weighted by atomic mass is 9.82. The van der Waals surface area contributed by atoms with Crippen LogP contribution in [0.5, 0.6) is 0 Å². The van der Waals surface area contributed by atoms with E-state index < -0.39 is 0 Å². The Kier molecular flexibility index (Phi) is 3.23. The van der Waals surface area contributed by atoms with Crippen LogP contribution in [0.3, 0.4) is 0 Å². The van der Waals surface area contributed by atoms with Crippen molar-refractivity contribution in [1.82, 2.24) is 4.98 Å². The molecule has 18 heavy (non-hydrogen) atoms. The first-order valence-electron chi connectivity index (χ1n) is 6.92. The second kappa shape index (κ2) is 4.73. The molecule has 1 aromatic heterocycles. The molecule has 0 radical (unpaired) electrons. The smallest absolute Gasteiger partial charge is 0.0459 e. The number of hydrogen-bond acceptors (Lipinski definition) is 0. The first-order chi connectivity index (χ1) is 8.63. The van der Waals surface area contributed by atoms with Gasteiger partial charge in [0.1, 0.15) is 0 Å². The van der Waals surface area contributed by atoms with Crippen molar-refractivity contribution >= 4 is 26.8 Å². The van der Waals surface area contributed by atoms with E-state index in [0.29, 0.717) is 0 Å². The molecule has 1 aromatic carbocycles. The van der Waals surface area contributed by atoms with Crippen molar-refractivity contribution in [3.8, 4) is 0 Å². The van der Waals surface area contributed by atoms with Gasteiger partial charge in [-0.3, -0.25) is 0 Å². The lowest BCUT2D eigenvalue weighted by molar-refractivity contribution is 0.369. The van der Waals surface area contributed by atoms with E-state index in [1.807, 2.05) is 0 Å². The number of aromatic nitrogens is 1. The summed E-state index contributed by atoms with van der Waals surface area (Å²) >= 11 is 3.59. The maximum Gasteiger partial charge on any atom is 0.0459 e. The number of rotatable bonds is 2. The van der Waals surface area contributed by atoms with Gasteiger partial charge in [0, 0.05) is 21.1 Å². The van der Waals surface area contributed by atoms with Crippen LogP contribution in [-0.4, -0.2) is 4.98 Å². The number of H-pyrrole nitrogens is 1. The molecule has 0 fully saturated rings. The highest BCUT2D eigenvalue weighted by atomic mass is 79.9. The molecule has 1 aliphatic rings. The van der Waals surface area contributed by atoms with Crippen LogP contribution in [0.1, 0.15) is 37.9 Å². The summed E-state index contributed by atoms with van der Waals surface area (Å²) in [5.41, 5.74) is 4.35. The van der Waals surface area contributed by atoms with Gasteiger partial charge in [-0.1, -0.05) is 29.8 Å². The van der Waals surface area contributed by atoms with Crippen LogP contribution < -0.4 is 0 Å². The maximum atomic E-state index is 3.60. The van der Waals surface area contributed by atoms with Crippen LogP contribution in [0.15, 0.2) is 22.7 Å². The number of aryl methyl sites for hydroxylation is 1. The van der Waals surface area contributed by atoms with Gasteiger partial charge < -0.3 is 4.98 Å². The standard InChI is InChI=1S/C16H20BrN/c1-10(2)7-11-3-5-15-13(8-11)14-9-12(17)4-6-16(14)18-15/h4,6,9-11,18H,3,5,7-8H2,1-2H3. The molecule has 1 nitrogen and oxygen atoms in total. The molecule has 1 aliphatic carbocycles. The molecular weight excluding hydrogens is 286 g/mol. The van der Waals surface area contributed by atoms with Gasteiger partial charge >= 0.3 is 0 Å². The van der Waals surface area contributed by atoms with Gasteiger partial charge in [0.05, 0.1) is 0 Å². The molecular formula is C16H20BrN. The fourth-order valence-corrected chi connectivity index (χ4v) is 3.69. The number of benzene rings is 1. The summed E-state index contributed by atoms with van der Waals surface area (Å²) in [6.07, 6.45) is 5.18. The van der Waals surface area contributed by atoms with Gasteiger partial charge in [0.25, 0.3) is 0 Å². The van der Waals surface area contributed by atoms with Crippen LogP contribution in [-0.2, 0) is 12.8 Å². The Hall–Kier alpha value is -0.760. The Labute approximate surface area is 117 Å². The summed E-state index contributed by atoms with van der Waals surface area (Å²) in [6.45, 7) is 4.67. The third kappa shape index (κ3) is 2.23. The Bertz CT molecular complexity index is 568. The average Bonchev–Trinajstić information content (AvgIpc) is 2.66. The Morgan fingerprint density at radius 2 is 2.22 bits per heavy atom. The van der Waals surface area contributed by atoms with Crippen LogP contribution in [0, 0.1) is 11.8 Å². The zero-order valence-corrected chi connectivity index (χ0v) is 12.7. The number of aromatic amines is 1. The topological polar surface area (TPSA) is 15.8 Å². The second-order valence-electron chi connectivity index (χ2n) is 6.01. The van der Waals surface area contributed by atoms with Crippen molar-refractivity contribution < 1.29 is 0 Å². The van der Waals surface area contributed by atoms with Crippen LogP contribution >= 0.6 is 15.9 Å². The summed E-state index contributed by atoms with van der Waals surface area (Å²) in [5.74, 6) is 1.68. The van der Waals surface area contributed by atoms with E-state index in [2.05, 4.69) is 53.0 Å². The lowest BCUT2D eigenvalue weighted by Gasteiger charge is -2.24. The molecule has 0 saturated carbocycles. The molecule has 3 rings (SSSR count). The van der Waals surface area contributed by atoms with Crippen molar-refractivity contribution in [2.24, 2.45) is 11.8 Å². The lowest BCUT2D eigenvalue weighted by Crippen LogP contribution is -2.15. The molecule has 0 amide bonds. The fraction of sp³-hybridized carbons (Fsp3) is 0.500. The van der Waals surface area contributed by atoms with Gasteiger partial charge in [0.15, 0.2) is 0 Å². The van der Waals surface area contributed by atoms with Gasteiger partial charge in [-0.2, -0.15) is 0 Å². The summed E-state index contributed by atoms with van der Waals surface area (Å²) < 4.78 is 1.18. The molecule has 0 aliphatic heterocycles. The summed E-state index contributed by atoms with van der Waals surface area (Å²) in [4.78, 5) is 3.60. The molecule has 2 heteroatoms. The summed E-state index contributed by atoms with van der Waals surface area (Å²) in [6, 6.07) is 6.58. The van der Waals surface area contributed by atoms with Crippen LogP contribution in [0.4, 0.5) is 0 Å². The van der Waals surface area contributed by atoms with Crippen LogP contribution in [0.2, 0.25) is 0 Å². The summed E-state index contributed by atoms with van der Waals surface area (Å²) in [7, 11) is 0. The minimum atomic E-state index is 0.813. The number of fused-ring (bicyclic) bond motifs is 3. The molecule has 0 spiro atoms. The number of halogens is 1. The van der Waals surface area contributed by atoms with Gasteiger partial charge in [-0.25, -0.2) is 0 Å². The predicted octanol–water partition coefficient (Wildman–Crippen LogP) is 5.08. The molecule has 96 valence electrons. The second-order valence-corrected chi connectivity index (χ2v) is 6.93. The third-order valence-electron chi connectivity index (χ3n) is 4.06. The molecule has 1 atom stereocenters. The highest BCUT2D eigenvalue weighted by molar-refractivity contribution is 9.10. The highest BCUT2D eigenvalue weighted by Crippen LogP contribution is 2.35. The normalized spacial score (nSPS) is 19.4. The van der Waals surface area contributed by atoms with E-state index in [1.165, 1.54) is 46.8 Å². The molecule has 1 N–H and O–H groups in total. The number of nitrogens with one attached hydrogen (secondary N) is 1.